The van der Waals surface area contributed by atoms with Gasteiger partial charge >= 0.3 is 0 Å². The molecular weight excluding hydrogens is 208 g/mol. The summed E-state index contributed by atoms with van der Waals surface area (Å²) in [6.07, 6.45) is 11.1. The number of rotatable bonds is 7. The van der Waals surface area contributed by atoms with Crippen molar-refractivity contribution in [1.82, 2.24) is 4.90 Å². The number of hydrogen-bond acceptors (Lipinski definition) is 2. The molecule has 2 heteroatoms. The van der Waals surface area contributed by atoms with Crippen LogP contribution < -0.4 is 5.73 Å². The van der Waals surface area contributed by atoms with Crippen LogP contribution in [0.2, 0.25) is 0 Å². The van der Waals surface area contributed by atoms with Crippen LogP contribution in [0.1, 0.15) is 65.2 Å². The fourth-order valence-corrected chi connectivity index (χ4v) is 3.35. The van der Waals surface area contributed by atoms with E-state index in [2.05, 4.69) is 18.7 Å². The Morgan fingerprint density at radius 1 is 1.00 bits per heavy atom. The molecule has 0 amide bonds. The molecule has 1 rings (SSSR count). The lowest BCUT2D eigenvalue weighted by Crippen LogP contribution is -2.46. The summed E-state index contributed by atoms with van der Waals surface area (Å²) in [6, 6.07) is 0.646. The summed E-state index contributed by atoms with van der Waals surface area (Å²) < 4.78 is 0. The van der Waals surface area contributed by atoms with Crippen molar-refractivity contribution in [2.75, 3.05) is 19.6 Å². The van der Waals surface area contributed by atoms with Crippen LogP contribution in [-0.2, 0) is 0 Å². The zero-order valence-electron chi connectivity index (χ0n) is 12.0. The van der Waals surface area contributed by atoms with Crippen molar-refractivity contribution in [2.45, 2.75) is 71.3 Å². The minimum atomic E-state index is 0.646. The Kier molecular flexibility index (Phi) is 7.87. The molecule has 1 aliphatic carbocycles. The van der Waals surface area contributed by atoms with Crippen molar-refractivity contribution in [3.05, 3.63) is 0 Å². The molecule has 2 N–H and O–H groups in total. The van der Waals surface area contributed by atoms with Gasteiger partial charge < -0.3 is 5.73 Å². The van der Waals surface area contributed by atoms with E-state index in [1.54, 1.807) is 0 Å². The Balaban J connectivity index is 2.57. The first-order chi connectivity index (χ1) is 8.33. The first kappa shape index (κ1) is 15.0. The van der Waals surface area contributed by atoms with Crippen LogP contribution in [-0.4, -0.2) is 30.6 Å². The van der Waals surface area contributed by atoms with E-state index in [9.17, 15) is 0 Å². The average molecular weight is 240 g/mol. The predicted molar refractivity (Wildman–Crippen MR) is 76.2 cm³/mol. The van der Waals surface area contributed by atoms with Gasteiger partial charge in [-0.3, -0.25) is 4.90 Å². The third-order valence-electron chi connectivity index (χ3n) is 4.18. The maximum atomic E-state index is 6.07. The lowest BCUT2D eigenvalue weighted by Gasteiger charge is -2.36. The van der Waals surface area contributed by atoms with Gasteiger partial charge in [0.25, 0.3) is 0 Å². The maximum absolute atomic E-state index is 6.07. The normalized spacial score (nSPS) is 20.5. The Morgan fingerprint density at radius 2 is 1.53 bits per heavy atom. The highest BCUT2D eigenvalue weighted by Gasteiger charge is 2.25. The van der Waals surface area contributed by atoms with Crippen molar-refractivity contribution in [3.8, 4) is 0 Å². The molecule has 17 heavy (non-hydrogen) atoms. The number of hydrogen-bond donors (Lipinski definition) is 1. The summed E-state index contributed by atoms with van der Waals surface area (Å²) >= 11 is 0. The van der Waals surface area contributed by atoms with Crippen LogP contribution in [0.3, 0.4) is 0 Å². The Hall–Kier alpha value is -0.0800. The third-order valence-corrected chi connectivity index (χ3v) is 4.18. The second kappa shape index (κ2) is 8.93. The molecule has 0 bridgehead atoms. The van der Waals surface area contributed by atoms with Crippen molar-refractivity contribution in [2.24, 2.45) is 11.7 Å². The highest BCUT2D eigenvalue weighted by atomic mass is 15.2. The number of nitrogens with zero attached hydrogens (tertiary/aromatic N) is 1. The standard InChI is InChI=1S/C15H32N2/c1-3-11-17(12-4-2)15(13-16)14-9-7-5-6-8-10-14/h14-15H,3-13,16H2,1-2H3. The highest BCUT2D eigenvalue weighted by Crippen LogP contribution is 2.28. The van der Waals surface area contributed by atoms with E-state index in [-0.39, 0.29) is 0 Å². The molecule has 1 atom stereocenters. The summed E-state index contributed by atoms with van der Waals surface area (Å²) in [7, 11) is 0. The summed E-state index contributed by atoms with van der Waals surface area (Å²) in [6.45, 7) is 7.87. The van der Waals surface area contributed by atoms with E-state index in [0.717, 1.165) is 12.5 Å². The SMILES string of the molecule is CCCN(CCC)C(CN)C1CCCCCC1. The van der Waals surface area contributed by atoms with Crippen LogP contribution >= 0.6 is 0 Å². The second-order valence-corrected chi connectivity index (χ2v) is 5.59. The van der Waals surface area contributed by atoms with Gasteiger partial charge in [-0.1, -0.05) is 39.5 Å². The summed E-state index contributed by atoms with van der Waals surface area (Å²) in [5, 5.41) is 0. The predicted octanol–water partition coefficient (Wildman–Crippen LogP) is 3.41. The van der Waals surface area contributed by atoms with Crippen molar-refractivity contribution in [1.29, 1.82) is 0 Å². The first-order valence-electron chi connectivity index (χ1n) is 7.77. The fourth-order valence-electron chi connectivity index (χ4n) is 3.35. The highest BCUT2D eigenvalue weighted by molar-refractivity contribution is 4.81. The molecule has 0 aliphatic heterocycles. The van der Waals surface area contributed by atoms with Crippen molar-refractivity contribution in [3.63, 3.8) is 0 Å². The molecule has 0 radical (unpaired) electrons. The van der Waals surface area contributed by atoms with Gasteiger partial charge in [0.05, 0.1) is 0 Å². The van der Waals surface area contributed by atoms with E-state index >= 15 is 0 Å². The van der Waals surface area contributed by atoms with Crippen molar-refractivity contribution < 1.29 is 0 Å². The topological polar surface area (TPSA) is 29.3 Å². The lowest BCUT2D eigenvalue weighted by atomic mass is 9.90. The van der Waals surface area contributed by atoms with Gasteiger partial charge in [-0.05, 0) is 44.7 Å². The van der Waals surface area contributed by atoms with E-state index in [1.165, 1.54) is 64.5 Å². The lowest BCUT2D eigenvalue weighted by molar-refractivity contribution is 0.135. The van der Waals surface area contributed by atoms with Gasteiger partial charge in [0, 0.05) is 12.6 Å². The molecule has 1 fully saturated rings. The van der Waals surface area contributed by atoms with Gasteiger partial charge in [0.1, 0.15) is 0 Å². The third kappa shape index (κ3) is 4.97. The average Bonchev–Trinajstić information content (AvgIpc) is 2.60. The summed E-state index contributed by atoms with van der Waals surface area (Å²) in [5.74, 6) is 0.862. The molecule has 102 valence electrons. The molecule has 0 aromatic carbocycles. The van der Waals surface area contributed by atoms with E-state index < -0.39 is 0 Å². The first-order valence-corrected chi connectivity index (χ1v) is 7.77. The molecular formula is C15H32N2. The molecule has 0 heterocycles. The molecule has 2 nitrogen and oxygen atoms in total. The molecule has 1 aliphatic rings. The Bertz CT molecular complexity index is 166. The number of nitrogens with two attached hydrogens (primary N) is 1. The van der Waals surface area contributed by atoms with Gasteiger partial charge in [-0.2, -0.15) is 0 Å². The van der Waals surface area contributed by atoms with E-state index in [1.807, 2.05) is 0 Å². The monoisotopic (exact) mass is 240 g/mol. The van der Waals surface area contributed by atoms with Gasteiger partial charge in [0.15, 0.2) is 0 Å². The fraction of sp³-hybridized carbons (Fsp3) is 1.00. The minimum Gasteiger partial charge on any atom is -0.329 e. The smallest absolute Gasteiger partial charge is 0.0246 e. The molecule has 0 saturated heterocycles. The van der Waals surface area contributed by atoms with Gasteiger partial charge in [-0.25, -0.2) is 0 Å². The largest absolute Gasteiger partial charge is 0.329 e. The molecule has 0 spiro atoms. The molecule has 1 saturated carbocycles. The Labute approximate surface area is 108 Å². The van der Waals surface area contributed by atoms with Crippen LogP contribution in [0, 0.1) is 5.92 Å². The second-order valence-electron chi connectivity index (χ2n) is 5.59. The van der Waals surface area contributed by atoms with Gasteiger partial charge in [-0.15, -0.1) is 0 Å². The van der Waals surface area contributed by atoms with Crippen LogP contribution in [0.15, 0.2) is 0 Å². The van der Waals surface area contributed by atoms with E-state index in [4.69, 9.17) is 5.73 Å². The van der Waals surface area contributed by atoms with Crippen molar-refractivity contribution >= 4 is 0 Å². The zero-order chi connectivity index (χ0) is 12.5. The molecule has 0 aromatic rings. The van der Waals surface area contributed by atoms with E-state index in [0.29, 0.717) is 6.04 Å². The summed E-state index contributed by atoms with van der Waals surface area (Å²) in [4.78, 5) is 2.66. The molecule has 0 aromatic heterocycles. The van der Waals surface area contributed by atoms with Crippen LogP contribution in [0.25, 0.3) is 0 Å². The Morgan fingerprint density at radius 3 is 1.94 bits per heavy atom. The summed E-state index contributed by atoms with van der Waals surface area (Å²) in [5.41, 5.74) is 6.07. The van der Waals surface area contributed by atoms with Crippen LogP contribution in [0.4, 0.5) is 0 Å². The van der Waals surface area contributed by atoms with Gasteiger partial charge in [0.2, 0.25) is 0 Å². The zero-order valence-corrected chi connectivity index (χ0v) is 12.0. The van der Waals surface area contributed by atoms with Crippen LogP contribution in [0.5, 0.6) is 0 Å². The maximum Gasteiger partial charge on any atom is 0.0246 e. The quantitative estimate of drug-likeness (QED) is 0.691. The molecule has 1 unspecified atom stereocenters. The minimum absolute atomic E-state index is 0.646.